The van der Waals surface area contributed by atoms with Crippen molar-refractivity contribution < 1.29 is 4.79 Å². The van der Waals surface area contributed by atoms with Crippen LogP contribution in [0.2, 0.25) is 0 Å². The van der Waals surface area contributed by atoms with Crippen LogP contribution >= 0.6 is 11.3 Å². The summed E-state index contributed by atoms with van der Waals surface area (Å²) in [5.41, 5.74) is 2.54. The summed E-state index contributed by atoms with van der Waals surface area (Å²) in [4.78, 5) is 34.0. The van der Waals surface area contributed by atoms with Crippen molar-refractivity contribution in [1.82, 2.24) is 25.3 Å². The Hall–Kier alpha value is -2.87. The molecule has 3 aromatic rings. The van der Waals surface area contributed by atoms with Crippen molar-refractivity contribution in [2.45, 2.75) is 44.6 Å². The van der Waals surface area contributed by atoms with Crippen molar-refractivity contribution in [2.75, 3.05) is 18.0 Å². The first-order valence-corrected chi connectivity index (χ1v) is 11.9. The van der Waals surface area contributed by atoms with Crippen molar-refractivity contribution >= 4 is 23.2 Å². The highest BCUT2D eigenvalue weighted by atomic mass is 32.1. The molecule has 7 nitrogen and oxygen atoms in total. The predicted molar refractivity (Wildman–Crippen MR) is 122 cm³/mol. The van der Waals surface area contributed by atoms with E-state index in [9.17, 15) is 4.79 Å². The van der Waals surface area contributed by atoms with Gasteiger partial charge in [0.25, 0.3) is 0 Å². The van der Waals surface area contributed by atoms with Gasteiger partial charge in [-0.1, -0.05) is 18.9 Å². The summed E-state index contributed by atoms with van der Waals surface area (Å²) in [5.74, 6) is 1.21. The minimum atomic E-state index is 0.225. The highest BCUT2D eigenvalue weighted by Crippen LogP contribution is 2.33. The number of aromatic nitrogens is 4. The number of nitrogens with zero attached hydrogens (tertiary/aromatic N) is 5. The van der Waals surface area contributed by atoms with Gasteiger partial charge in [-0.3, -0.25) is 14.8 Å². The van der Waals surface area contributed by atoms with Gasteiger partial charge in [0.1, 0.15) is 0 Å². The maximum absolute atomic E-state index is 12.5. The number of rotatable bonds is 5. The third-order valence-corrected chi connectivity index (χ3v) is 7.10. The lowest BCUT2D eigenvalue weighted by Crippen LogP contribution is -2.46. The van der Waals surface area contributed by atoms with E-state index < -0.39 is 0 Å². The number of hydrogen-bond donors (Lipinski definition) is 1. The molecule has 1 aliphatic carbocycles. The maximum Gasteiger partial charge on any atom is 0.225 e. The van der Waals surface area contributed by atoms with E-state index in [4.69, 9.17) is 4.98 Å². The molecule has 2 aliphatic rings. The molecule has 2 fully saturated rings. The van der Waals surface area contributed by atoms with E-state index in [0.29, 0.717) is 0 Å². The Morgan fingerprint density at radius 1 is 1.06 bits per heavy atom. The topological polar surface area (TPSA) is 83.9 Å². The first-order chi connectivity index (χ1) is 15.3. The van der Waals surface area contributed by atoms with Gasteiger partial charge in [0, 0.05) is 49.2 Å². The van der Waals surface area contributed by atoms with Gasteiger partial charge in [-0.05, 0) is 37.1 Å². The Balaban J connectivity index is 1.31. The molecule has 1 saturated heterocycles. The standard InChI is InChI=1S/C23H26N6OS/c30-22(16-4-1-2-5-16)27-17-7-11-29(12-8-17)23-26-14-18(19-15-24-9-10-25-19)21(28-23)20-6-3-13-31-20/h3,6,9-10,13-17H,1-2,4-5,7-8,11-12H2,(H,27,30). The third kappa shape index (κ3) is 4.44. The normalized spacial score (nSPS) is 17.7. The summed E-state index contributed by atoms with van der Waals surface area (Å²) in [7, 11) is 0. The number of carbonyl (C=O) groups excluding carboxylic acids is 1. The molecule has 160 valence electrons. The van der Waals surface area contributed by atoms with Crippen LogP contribution in [-0.2, 0) is 4.79 Å². The fourth-order valence-corrected chi connectivity index (χ4v) is 5.21. The minimum Gasteiger partial charge on any atom is -0.353 e. The molecule has 3 aromatic heterocycles. The van der Waals surface area contributed by atoms with Crippen LogP contribution in [0.5, 0.6) is 0 Å². The van der Waals surface area contributed by atoms with Crippen LogP contribution in [0.1, 0.15) is 38.5 Å². The molecule has 0 bridgehead atoms. The minimum absolute atomic E-state index is 0.225. The average molecular weight is 435 g/mol. The highest BCUT2D eigenvalue weighted by molar-refractivity contribution is 7.13. The molecule has 1 saturated carbocycles. The summed E-state index contributed by atoms with van der Waals surface area (Å²) in [5, 5.41) is 5.33. The van der Waals surface area contributed by atoms with E-state index >= 15 is 0 Å². The van der Waals surface area contributed by atoms with Gasteiger partial charge >= 0.3 is 0 Å². The van der Waals surface area contributed by atoms with Crippen molar-refractivity contribution in [1.29, 1.82) is 0 Å². The van der Waals surface area contributed by atoms with Gasteiger partial charge in [0.2, 0.25) is 11.9 Å². The number of piperidine rings is 1. The van der Waals surface area contributed by atoms with E-state index in [-0.39, 0.29) is 17.9 Å². The van der Waals surface area contributed by atoms with Gasteiger partial charge in [-0.2, -0.15) is 0 Å². The lowest BCUT2D eigenvalue weighted by molar-refractivity contribution is -0.125. The zero-order valence-electron chi connectivity index (χ0n) is 17.4. The molecule has 1 aliphatic heterocycles. The van der Waals surface area contributed by atoms with Gasteiger partial charge < -0.3 is 10.2 Å². The van der Waals surface area contributed by atoms with E-state index in [1.165, 1.54) is 12.8 Å². The number of thiophene rings is 1. The monoisotopic (exact) mass is 434 g/mol. The van der Waals surface area contributed by atoms with Gasteiger partial charge in [-0.15, -0.1) is 11.3 Å². The van der Waals surface area contributed by atoms with Crippen LogP contribution in [0.15, 0.2) is 42.3 Å². The van der Waals surface area contributed by atoms with Gasteiger partial charge in [0.15, 0.2) is 0 Å². The summed E-state index contributed by atoms with van der Waals surface area (Å²) in [6, 6.07) is 4.35. The van der Waals surface area contributed by atoms with E-state index in [2.05, 4.69) is 36.6 Å². The zero-order chi connectivity index (χ0) is 21.0. The molecule has 8 heteroatoms. The average Bonchev–Trinajstić information content (AvgIpc) is 3.54. The fourth-order valence-electron chi connectivity index (χ4n) is 4.48. The maximum atomic E-state index is 12.5. The first-order valence-electron chi connectivity index (χ1n) is 11.0. The van der Waals surface area contributed by atoms with Crippen molar-refractivity contribution in [3.05, 3.63) is 42.3 Å². The summed E-state index contributed by atoms with van der Waals surface area (Å²) >= 11 is 1.65. The van der Waals surface area contributed by atoms with E-state index in [1.54, 1.807) is 29.9 Å². The molecule has 31 heavy (non-hydrogen) atoms. The lowest BCUT2D eigenvalue weighted by atomic mass is 10.0. The highest BCUT2D eigenvalue weighted by Gasteiger charge is 2.27. The third-order valence-electron chi connectivity index (χ3n) is 6.22. The van der Waals surface area contributed by atoms with Crippen LogP contribution < -0.4 is 10.2 Å². The quantitative estimate of drug-likeness (QED) is 0.655. The molecule has 0 aromatic carbocycles. The summed E-state index contributed by atoms with van der Waals surface area (Å²) in [6.45, 7) is 1.67. The molecule has 0 radical (unpaired) electrons. The Morgan fingerprint density at radius 3 is 2.61 bits per heavy atom. The molecule has 4 heterocycles. The Labute approximate surface area is 186 Å². The molecule has 1 amide bonds. The zero-order valence-corrected chi connectivity index (χ0v) is 18.2. The second-order valence-electron chi connectivity index (χ2n) is 8.25. The largest absolute Gasteiger partial charge is 0.353 e. The second-order valence-corrected chi connectivity index (χ2v) is 9.20. The second kappa shape index (κ2) is 9.09. The van der Waals surface area contributed by atoms with Gasteiger partial charge in [0.05, 0.1) is 22.5 Å². The predicted octanol–water partition coefficient (Wildman–Crippen LogP) is 3.94. The lowest BCUT2D eigenvalue weighted by Gasteiger charge is -2.33. The Bertz CT molecular complexity index is 1010. The van der Waals surface area contributed by atoms with Crippen LogP contribution in [-0.4, -0.2) is 45.0 Å². The molecule has 1 N–H and O–H groups in total. The molecule has 0 unspecified atom stereocenters. The number of amides is 1. The number of hydrogen-bond acceptors (Lipinski definition) is 7. The Kier molecular flexibility index (Phi) is 5.88. The van der Waals surface area contributed by atoms with E-state index in [0.717, 1.165) is 66.5 Å². The SMILES string of the molecule is O=C(NC1CCN(c2ncc(-c3cnccn3)c(-c3cccs3)n2)CC1)C1CCCC1. The molecule has 0 spiro atoms. The van der Waals surface area contributed by atoms with Crippen LogP contribution in [0.3, 0.4) is 0 Å². The van der Waals surface area contributed by atoms with Gasteiger partial charge in [-0.25, -0.2) is 9.97 Å². The smallest absolute Gasteiger partial charge is 0.225 e. The van der Waals surface area contributed by atoms with Crippen molar-refractivity contribution in [3.8, 4) is 21.8 Å². The summed E-state index contributed by atoms with van der Waals surface area (Å²) < 4.78 is 0. The molecular formula is C23H26N6OS. The fraction of sp³-hybridized carbons (Fsp3) is 0.435. The van der Waals surface area contributed by atoms with Crippen LogP contribution in [0, 0.1) is 5.92 Å². The first kappa shape index (κ1) is 20.1. The van der Waals surface area contributed by atoms with E-state index in [1.807, 2.05) is 12.3 Å². The number of anilines is 1. The molecular weight excluding hydrogens is 408 g/mol. The van der Waals surface area contributed by atoms with Crippen molar-refractivity contribution in [3.63, 3.8) is 0 Å². The number of nitrogens with one attached hydrogen (secondary N) is 1. The van der Waals surface area contributed by atoms with Crippen LogP contribution in [0.25, 0.3) is 21.8 Å². The Morgan fingerprint density at radius 2 is 1.90 bits per heavy atom. The van der Waals surface area contributed by atoms with Crippen molar-refractivity contribution in [2.24, 2.45) is 5.92 Å². The summed E-state index contributed by atoms with van der Waals surface area (Å²) in [6.07, 6.45) is 13.2. The molecule has 0 atom stereocenters. The number of carbonyl (C=O) groups is 1. The molecule has 5 rings (SSSR count). The van der Waals surface area contributed by atoms with Crippen LogP contribution in [0.4, 0.5) is 5.95 Å².